The average Bonchev–Trinajstić information content (AvgIpc) is 3.27. The van der Waals surface area contributed by atoms with Crippen LogP contribution in [-0.4, -0.2) is 79.3 Å². The first-order chi connectivity index (χ1) is 11.7. The third-order valence-electron chi connectivity index (χ3n) is 4.77. The van der Waals surface area contributed by atoms with Gasteiger partial charge in [0.1, 0.15) is 0 Å². The molecule has 1 aliphatic rings. The molecule has 0 radical (unpaired) electrons. The molecule has 0 aromatic carbocycles. The summed E-state index contributed by atoms with van der Waals surface area (Å²) in [5.41, 5.74) is 0. The van der Waals surface area contributed by atoms with E-state index in [0.29, 0.717) is 19.1 Å². The predicted molar refractivity (Wildman–Crippen MR) is 92.6 cm³/mol. The van der Waals surface area contributed by atoms with Crippen LogP contribution in [0.25, 0.3) is 0 Å². The Balaban J connectivity index is 1.45. The third kappa shape index (κ3) is 4.66. The molecular formula is C17H28N6O. The highest BCUT2D eigenvalue weighted by atomic mass is 16.3. The van der Waals surface area contributed by atoms with Gasteiger partial charge in [-0.3, -0.25) is 19.2 Å². The molecule has 24 heavy (non-hydrogen) atoms. The molecule has 0 amide bonds. The molecule has 3 rings (SSSR count). The Bertz CT molecular complexity index is 570. The van der Waals surface area contributed by atoms with Crippen LogP contribution in [0, 0.1) is 0 Å². The Morgan fingerprint density at radius 2 is 1.79 bits per heavy atom. The van der Waals surface area contributed by atoms with Crippen LogP contribution in [0.4, 0.5) is 0 Å². The van der Waals surface area contributed by atoms with Crippen molar-refractivity contribution in [3.8, 4) is 0 Å². The summed E-state index contributed by atoms with van der Waals surface area (Å²) in [4.78, 5) is 4.94. The van der Waals surface area contributed by atoms with Crippen LogP contribution in [0.2, 0.25) is 0 Å². The Kier molecular flexibility index (Phi) is 6.01. The number of aliphatic hydroxyl groups is 1. The van der Waals surface area contributed by atoms with E-state index in [1.165, 1.54) is 0 Å². The first kappa shape index (κ1) is 17.1. The SMILES string of the molecule is CCC1CN(CCn2cccn2)CCN1CC(O)Cn1cccn1. The van der Waals surface area contributed by atoms with E-state index in [-0.39, 0.29) is 6.10 Å². The van der Waals surface area contributed by atoms with E-state index in [2.05, 4.69) is 26.9 Å². The highest BCUT2D eigenvalue weighted by Crippen LogP contribution is 2.14. The fourth-order valence-corrected chi connectivity index (χ4v) is 3.42. The molecule has 1 saturated heterocycles. The van der Waals surface area contributed by atoms with Gasteiger partial charge in [0.2, 0.25) is 0 Å². The minimum Gasteiger partial charge on any atom is -0.390 e. The predicted octanol–water partition coefficient (Wildman–Crippen LogP) is 0.537. The van der Waals surface area contributed by atoms with Gasteiger partial charge >= 0.3 is 0 Å². The molecule has 1 N–H and O–H groups in total. The second kappa shape index (κ2) is 8.41. The number of aromatic nitrogens is 4. The van der Waals surface area contributed by atoms with Crippen LogP contribution < -0.4 is 0 Å². The van der Waals surface area contributed by atoms with Gasteiger partial charge in [-0.2, -0.15) is 10.2 Å². The lowest BCUT2D eigenvalue weighted by molar-refractivity contribution is 0.0238. The maximum atomic E-state index is 10.4. The highest BCUT2D eigenvalue weighted by molar-refractivity contribution is 4.84. The molecule has 0 saturated carbocycles. The van der Waals surface area contributed by atoms with Gasteiger partial charge in [0.05, 0.1) is 19.2 Å². The standard InChI is InChI=1S/C17H28N6O/c1-2-16-13-20(10-12-22-7-3-5-18-22)9-11-21(16)14-17(24)15-23-8-4-6-19-23/h3-8,16-17,24H,2,9-15H2,1H3. The van der Waals surface area contributed by atoms with Crippen LogP contribution in [-0.2, 0) is 13.1 Å². The quantitative estimate of drug-likeness (QED) is 0.764. The molecule has 7 nitrogen and oxygen atoms in total. The zero-order valence-electron chi connectivity index (χ0n) is 14.4. The van der Waals surface area contributed by atoms with E-state index >= 15 is 0 Å². The van der Waals surface area contributed by atoms with Crippen molar-refractivity contribution in [1.82, 2.24) is 29.4 Å². The summed E-state index contributed by atoms with van der Waals surface area (Å²) in [5.74, 6) is 0. The van der Waals surface area contributed by atoms with Crippen molar-refractivity contribution in [3.63, 3.8) is 0 Å². The molecule has 0 spiro atoms. The van der Waals surface area contributed by atoms with Gasteiger partial charge in [-0.05, 0) is 18.6 Å². The van der Waals surface area contributed by atoms with Crippen molar-refractivity contribution in [2.75, 3.05) is 32.7 Å². The molecule has 1 aliphatic heterocycles. The topological polar surface area (TPSA) is 62.4 Å². The molecule has 2 atom stereocenters. The smallest absolute Gasteiger partial charge is 0.0862 e. The number of nitrogens with zero attached hydrogens (tertiary/aromatic N) is 6. The van der Waals surface area contributed by atoms with E-state index in [4.69, 9.17) is 0 Å². The van der Waals surface area contributed by atoms with Crippen LogP contribution >= 0.6 is 0 Å². The third-order valence-corrected chi connectivity index (χ3v) is 4.77. The van der Waals surface area contributed by atoms with Crippen LogP contribution in [0.15, 0.2) is 36.9 Å². The van der Waals surface area contributed by atoms with Gasteiger partial charge < -0.3 is 5.11 Å². The van der Waals surface area contributed by atoms with Gasteiger partial charge in [-0.15, -0.1) is 0 Å². The van der Waals surface area contributed by atoms with Gasteiger partial charge in [0.15, 0.2) is 0 Å². The van der Waals surface area contributed by atoms with Crippen LogP contribution in [0.5, 0.6) is 0 Å². The molecule has 1 fully saturated rings. The van der Waals surface area contributed by atoms with Crippen LogP contribution in [0.1, 0.15) is 13.3 Å². The van der Waals surface area contributed by atoms with Crippen LogP contribution in [0.3, 0.4) is 0 Å². The molecule has 0 bridgehead atoms. The minimum absolute atomic E-state index is 0.380. The maximum Gasteiger partial charge on any atom is 0.0862 e. The Morgan fingerprint density at radius 1 is 1.04 bits per heavy atom. The maximum absolute atomic E-state index is 10.4. The normalized spacial score (nSPS) is 21.2. The zero-order chi connectivity index (χ0) is 16.8. The van der Waals surface area contributed by atoms with E-state index in [0.717, 1.165) is 39.1 Å². The molecule has 0 aliphatic carbocycles. The second-order valence-corrected chi connectivity index (χ2v) is 6.51. The van der Waals surface area contributed by atoms with E-state index in [1.54, 1.807) is 10.9 Å². The first-order valence-electron chi connectivity index (χ1n) is 8.84. The van der Waals surface area contributed by atoms with Crippen molar-refractivity contribution < 1.29 is 5.11 Å². The lowest BCUT2D eigenvalue weighted by Gasteiger charge is -2.42. The van der Waals surface area contributed by atoms with Gasteiger partial charge in [0.25, 0.3) is 0 Å². The number of hydrogen-bond donors (Lipinski definition) is 1. The lowest BCUT2D eigenvalue weighted by Crippen LogP contribution is -2.55. The largest absolute Gasteiger partial charge is 0.390 e. The number of aliphatic hydroxyl groups excluding tert-OH is 1. The van der Waals surface area contributed by atoms with E-state index in [9.17, 15) is 5.11 Å². The lowest BCUT2D eigenvalue weighted by atomic mass is 10.1. The van der Waals surface area contributed by atoms with Gasteiger partial charge in [-0.1, -0.05) is 6.92 Å². The number of hydrogen-bond acceptors (Lipinski definition) is 5. The minimum atomic E-state index is -0.380. The van der Waals surface area contributed by atoms with Gasteiger partial charge in [0, 0.05) is 63.6 Å². The summed E-state index contributed by atoms with van der Waals surface area (Å²) >= 11 is 0. The second-order valence-electron chi connectivity index (χ2n) is 6.51. The summed E-state index contributed by atoms with van der Waals surface area (Å²) < 4.78 is 3.78. The molecule has 2 unspecified atom stereocenters. The monoisotopic (exact) mass is 332 g/mol. The summed E-state index contributed by atoms with van der Waals surface area (Å²) in [6.07, 6.45) is 8.21. The van der Waals surface area contributed by atoms with Crippen molar-refractivity contribution in [2.45, 2.75) is 38.6 Å². The molecular weight excluding hydrogens is 304 g/mol. The Hall–Kier alpha value is -1.70. The van der Waals surface area contributed by atoms with Crippen molar-refractivity contribution in [2.24, 2.45) is 0 Å². The fourth-order valence-electron chi connectivity index (χ4n) is 3.42. The van der Waals surface area contributed by atoms with E-state index in [1.807, 2.05) is 35.4 Å². The molecule has 132 valence electrons. The molecule has 2 aromatic rings. The number of rotatable bonds is 8. The summed E-state index contributed by atoms with van der Waals surface area (Å²) in [6.45, 7) is 8.59. The summed E-state index contributed by atoms with van der Waals surface area (Å²) in [5, 5.41) is 18.8. The van der Waals surface area contributed by atoms with Crippen molar-refractivity contribution in [3.05, 3.63) is 36.9 Å². The average molecular weight is 332 g/mol. The molecule has 7 heteroatoms. The fraction of sp³-hybridized carbons (Fsp3) is 0.647. The summed E-state index contributed by atoms with van der Waals surface area (Å²) in [6, 6.07) is 4.36. The van der Waals surface area contributed by atoms with Crippen molar-refractivity contribution in [1.29, 1.82) is 0 Å². The van der Waals surface area contributed by atoms with Crippen molar-refractivity contribution >= 4 is 0 Å². The Morgan fingerprint density at radius 3 is 2.46 bits per heavy atom. The summed E-state index contributed by atoms with van der Waals surface area (Å²) in [7, 11) is 0. The van der Waals surface area contributed by atoms with E-state index < -0.39 is 0 Å². The molecule has 3 heterocycles. The first-order valence-corrected chi connectivity index (χ1v) is 8.84. The Labute approximate surface area is 143 Å². The van der Waals surface area contributed by atoms with Gasteiger partial charge in [-0.25, -0.2) is 0 Å². The zero-order valence-corrected chi connectivity index (χ0v) is 14.4. The number of β-amino-alcohol motifs (C(OH)–C–C–N with tert-alkyl or cyclic N) is 1. The highest BCUT2D eigenvalue weighted by Gasteiger charge is 2.27. The molecule has 2 aromatic heterocycles. The number of piperazine rings is 1.